The van der Waals surface area contributed by atoms with E-state index in [0.29, 0.717) is 39.8 Å². The maximum Gasteiger partial charge on any atom is 0.275 e. The number of nitrogens with one attached hydrogen (secondary N) is 2. The number of hydrogen-bond donors (Lipinski definition) is 3. The van der Waals surface area contributed by atoms with Crippen molar-refractivity contribution in [3.63, 3.8) is 0 Å². The number of nitriles is 1. The van der Waals surface area contributed by atoms with Crippen LogP contribution in [0.4, 0.5) is 29.2 Å². The van der Waals surface area contributed by atoms with E-state index < -0.39 is 6.10 Å². The number of anilines is 4. The van der Waals surface area contributed by atoms with Crippen LogP contribution in [0.1, 0.15) is 18.4 Å². The zero-order chi connectivity index (χ0) is 24.7. The SMILES string of the molecule is [C-]#[N+]c1cnc2c(Nc3nc(C)n(C)n3)nc(Nc3ccc4c(c3)c(C#N)nn4C[C@@H](C)O)nn12. The number of aliphatic hydroxyl groups is 1. The number of benzene rings is 1. The molecule has 3 N–H and O–H groups in total. The third-order valence-corrected chi connectivity index (χ3v) is 5.22. The summed E-state index contributed by atoms with van der Waals surface area (Å²) in [5, 5.41) is 39.0. The van der Waals surface area contributed by atoms with E-state index in [9.17, 15) is 10.4 Å². The summed E-state index contributed by atoms with van der Waals surface area (Å²) in [4.78, 5) is 16.6. The largest absolute Gasteiger partial charge is 0.391 e. The van der Waals surface area contributed by atoms with Crippen molar-refractivity contribution >= 4 is 45.8 Å². The molecule has 0 bridgehead atoms. The van der Waals surface area contributed by atoms with E-state index in [4.69, 9.17) is 6.57 Å². The summed E-state index contributed by atoms with van der Waals surface area (Å²) in [5.41, 5.74) is 1.90. The highest BCUT2D eigenvalue weighted by atomic mass is 16.3. The van der Waals surface area contributed by atoms with E-state index >= 15 is 0 Å². The first-order valence-electron chi connectivity index (χ1n) is 10.5. The zero-order valence-electron chi connectivity index (χ0n) is 19.0. The first-order chi connectivity index (χ1) is 16.9. The van der Waals surface area contributed by atoms with Gasteiger partial charge in [0.15, 0.2) is 5.69 Å². The minimum Gasteiger partial charge on any atom is -0.391 e. The Labute approximate surface area is 198 Å². The maximum atomic E-state index is 9.74. The molecule has 0 saturated carbocycles. The smallest absolute Gasteiger partial charge is 0.275 e. The molecule has 5 aromatic rings. The first kappa shape index (κ1) is 21.7. The quantitative estimate of drug-likeness (QED) is 0.314. The van der Waals surface area contributed by atoms with Crippen LogP contribution in [0.2, 0.25) is 0 Å². The normalized spacial score (nSPS) is 11.9. The van der Waals surface area contributed by atoms with Crippen molar-refractivity contribution < 1.29 is 5.11 Å². The number of hydrogen-bond acceptors (Lipinski definition) is 10. The lowest BCUT2D eigenvalue weighted by atomic mass is 10.2. The number of aryl methyl sites for hydroxylation is 2. The van der Waals surface area contributed by atoms with Gasteiger partial charge in [0.1, 0.15) is 11.9 Å². The van der Waals surface area contributed by atoms with Crippen LogP contribution in [-0.2, 0) is 13.6 Å². The molecular formula is C21H19N13O. The Morgan fingerprint density at radius 1 is 1.20 bits per heavy atom. The average molecular weight is 469 g/mol. The molecule has 174 valence electrons. The highest BCUT2D eigenvalue weighted by Gasteiger charge is 2.19. The van der Waals surface area contributed by atoms with Gasteiger partial charge in [-0.2, -0.15) is 20.3 Å². The summed E-state index contributed by atoms with van der Waals surface area (Å²) in [7, 11) is 1.78. The van der Waals surface area contributed by atoms with E-state index in [1.54, 1.807) is 41.5 Å². The standard InChI is InChI=1S/C21H19N13O/c1-11(35)10-33-16-6-5-13(7-14(16)15(8-22)29-33)26-21-28-18(27-20-25-12(2)32(4)30-20)19-24-9-17(23-3)34(19)31-21/h5-7,9,11,35H,10H2,1-2,4H3,(H2,26,27,28,30,31)/t11-/m1/s1. The van der Waals surface area contributed by atoms with Gasteiger partial charge in [0.25, 0.3) is 17.4 Å². The highest BCUT2D eigenvalue weighted by molar-refractivity contribution is 5.88. The summed E-state index contributed by atoms with van der Waals surface area (Å²) in [6, 6.07) is 7.44. The van der Waals surface area contributed by atoms with Gasteiger partial charge < -0.3 is 20.6 Å². The molecule has 1 atom stereocenters. The van der Waals surface area contributed by atoms with E-state index in [-0.39, 0.29) is 24.0 Å². The van der Waals surface area contributed by atoms with E-state index in [0.717, 1.165) is 0 Å². The van der Waals surface area contributed by atoms with Crippen LogP contribution in [0, 0.1) is 24.8 Å². The van der Waals surface area contributed by atoms with Crippen molar-refractivity contribution in [1.29, 1.82) is 5.26 Å². The lowest BCUT2D eigenvalue weighted by molar-refractivity contribution is 0.170. The minimum atomic E-state index is -0.613. The number of imidazole rings is 1. The number of aliphatic hydroxyl groups excluding tert-OH is 1. The van der Waals surface area contributed by atoms with Gasteiger partial charge in [-0.1, -0.05) is 11.7 Å². The average Bonchev–Trinajstić information content (AvgIpc) is 3.48. The summed E-state index contributed by atoms with van der Waals surface area (Å²) in [6.45, 7) is 11.2. The summed E-state index contributed by atoms with van der Waals surface area (Å²) in [5.74, 6) is 1.74. The van der Waals surface area contributed by atoms with Gasteiger partial charge in [0.05, 0.1) is 24.4 Å². The topological polar surface area (TPSA) is 164 Å². The summed E-state index contributed by atoms with van der Waals surface area (Å²) in [6.07, 6.45) is 0.794. The van der Waals surface area contributed by atoms with E-state index in [1.165, 1.54) is 10.7 Å². The molecule has 0 radical (unpaired) electrons. The fraction of sp³-hybridized carbons (Fsp3) is 0.238. The molecule has 0 aliphatic rings. The van der Waals surface area contributed by atoms with Gasteiger partial charge in [-0.3, -0.25) is 9.36 Å². The van der Waals surface area contributed by atoms with Crippen LogP contribution >= 0.6 is 0 Å². The second kappa shape index (κ2) is 8.36. The van der Waals surface area contributed by atoms with Gasteiger partial charge in [-0.05, 0) is 32.0 Å². The Morgan fingerprint density at radius 3 is 2.69 bits per heavy atom. The second-order valence-electron chi connectivity index (χ2n) is 7.83. The van der Waals surface area contributed by atoms with Crippen molar-refractivity contribution in [1.82, 2.24) is 44.1 Å². The molecule has 0 saturated heterocycles. The molecule has 0 fully saturated rings. The monoisotopic (exact) mass is 469 g/mol. The van der Waals surface area contributed by atoms with Crippen molar-refractivity contribution in [3.05, 3.63) is 47.3 Å². The summed E-state index contributed by atoms with van der Waals surface area (Å²) < 4.78 is 4.60. The Kier molecular flexibility index (Phi) is 5.20. The molecule has 1 aromatic carbocycles. The van der Waals surface area contributed by atoms with Crippen LogP contribution < -0.4 is 10.6 Å². The van der Waals surface area contributed by atoms with Crippen LogP contribution in [0.15, 0.2) is 24.4 Å². The van der Waals surface area contributed by atoms with Crippen molar-refractivity contribution in [2.75, 3.05) is 10.6 Å². The van der Waals surface area contributed by atoms with Gasteiger partial charge >= 0.3 is 0 Å². The van der Waals surface area contributed by atoms with Crippen molar-refractivity contribution in [2.24, 2.45) is 7.05 Å². The van der Waals surface area contributed by atoms with Crippen LogP contribution in [0.25, 0.3) is 21.4 Å². The van der Waals surface area contributed by atoms with E-state index in [2.05, 4.69) is 51.8 Å². The molecule has 0 spiro atoms. The Balaban J connectivity index is 1.55. The predicted molar refractivity (Wildman–Crippen MR) is 125 cm³/mol. The Morgan fingerprint density at radius 2 is 2.00 bits per heavy atom. The number of fused-ring (bicyclic) bond motifs is 2. The van der Waals surface area contributed by atoms with E-state index in [1.807, 2.05) is 6.92 Å². The highest BCUT2D eigenvalue weighted by Crippen LogP contribution is 2.27. The van der Waals surface area contributed by atoms with Crippen LogP contribution in [0.3, 0.4) is 0 Å². The number of aromatic nitrogens is 9. The maximum absolute atomic E-state index is 9.74. The van der Waals surface area contributed by atoms with Crippen LogP contribution in [-0.4, -0.2) is 55.3 Å². The summed E-state index contributed by atoms with van der Waals surface area (Å²) >= 11 is 0. The Bertz CT molecular complexity index is 1640. The third-order valence-electron chi connectivity index (χ3n) is 5.22. The second-order valence-corrected chi connectivity index (χ2v) is 7.83. The molecule has 5 rings (SSSR count). The van der Waals surface area contributed by atoms with Gasteiger partial charge in [0.2, 0.25) is 11.8 Å². The molecule has 14 heteroatoms. The van der Waals surface area contributed by atoms with Gasteiger partial charge in [0, 0.05) is 18.1 Å². The molecule has 0 amide bonds. The molecule has 4 aromatic heterocycles. The molecule has 0 unspecified atom stereocenters. The molecule has 0 aliphatic carbocycles. The molecule has 4 heterocycles. The number of rotatable bonds is 6. The van der Waals surface area contributed by atoms with Crippen molar-refractivity contribution in [3.8, 4) is 6.07 Å². The Hall–Kier alpha value is -5.08. The molecule has 0 aliphatic heterocycles. The lowest BCUT2D eigenvalue weighted by Gasteiger charge is -2.08. The molecular weight excluding hydrogens is 450 g/mol. The van der Waals surface area contributed by atoms with Gasteiger partial charge in [-0.25, -0.2) is 4.98 Å². The zero-order valence-corrected chi connectivity index (χ0v) is 19.0. The predicted octanol–water partition coefficient (Wildman–Crippen LogP) is 2.20. The minimum absolute atomic E-state index is 0.185. The number of nitrogens with zero attached hydrogens (tertiary/aromatic N) is 11. The fourth-order valence-electron chi connectivity index (χ4n) is 3.56. The molecule has 14 nitrogen and oxygen atoms in total. The first-order valence-corrected chi connectivity index (χ1v) is 10.5. The van der Waals surface area contributed by atoms with Crippen LogP contribution in [0.5, 0.6) is 0 Å². The third kappa shape index (κ3) is 3.94. The fourth-order valence-corrected chi connectivity index (χ4v) is 3.56. The van der Waals surface area contributed by atoms with Gasteiger partial charge in [-0.15, -0.1) is 9.61 Å². The lowest BCUT2D eigenvalue weighted by Crippen LogP contribution is -2.12. The van der Waals surface area contributed by atoms with Crippen molar-refractivity contribution in [2.45, 2.75) is 26.5 Å². The molecule has 35 heavy (non-hydrogen) atoms.